The van der Waals surface area contributed by atoms with E-state index in [-0.39, 0.29) is 17.0 Å². The van der Waals surface area contributed by atoms with Gasteiger partial charge in [0.15, 0.2) is 5.76 Å². The summed E-state index contributed by atoms with van der Waals surface area (Å²) in [5.74, 6) is 0.288. The van der Waals surface area contributed by atoms with Crippen molar-refractivity contribution in [3.8, 4) is 11.5 Å². The van der Waals surface area contributed by atoms with Crippen LogP contribution in [0, 0.1) is 6.92 Å². The van der Waals surface area contributed by atoms with Crippen molar-refractivity contribution in [3.05, 3.63) is 99.3 Å². The summed E-state index contributed by atoms with van der Waals surface area (Å²) >= 11 is 5.87. The summed E-state index contributed by atoms with van der Waals surface area (Å²) < 4.78 is 11.4. The van der Waals surface area contributed by atoms with E-state index >= 15 is 0 Å². The second-order valence-corrected chi connectivity index (χ2v) is 9.21. The molecule has 3 aromatic rings. The standard InChI is InChI=1S/C27H23ClO4/c1-16-22(32-26(30)18-7-11-20(28)12-8-18)14-13-21-24(29)23(31-25(16)21)15-17-5-9-19(10-6-17)27(2,3)4/h5-15H,1-4H3/b23-15-. The van der Waals surface area contributed by atoms with Crippen molar-refractivity contribution in [2.75, 3.05) is 0 Å². The largest absolute Gasteiger partial charge is 0.452 e. The van der Waals surface area contributed by atoms with Crippen LogP contribution in [0.25, 0.3) is 6.08 Å². The lowest BCUT2D eigenvalue weighted by atomic mass is 9.86. The van der Waals surface area contributed by atoms with E-state index in [1.165, 1.54) is 5.56 Å². The van der Waals surface area contributed by atoms with Gasteiger partial charge in [0.1, 0.15) is 11.5 Å². The van der Waals surface area contributed by atoms with Crippen LogP contribution in [-0.2, 0) is 5.41 Å². The topological polar surface area (TPSA) is 52.6 Å². The number of carbonyl (C=O) groups excluding carboxylic acids is 2. The summed E-state index contributed by atoms with van der Waals surface area (Å²) in [5, 5.41) is 0.537. The molecule has 0 radical (unpaired) electrons. The molecule has 5 heteroatoms. The fourth-order valence-electron chi connectivity index (χ4n) is 3.45. The first-order valence-corrected chi connectivity index (χ1v) is 10.7. The van der Waals surface area contributed by atoms with Gasteiger partial charge in [-0.25, -0.2) is 4.79 Å². The second kappa shape index (κ2) is 8.29. The number of rotatable bonds is 3. The number of Topliss-reactive ketones (excluding diaryl/α,β-unsaturated/α-hetero) is 1. The molecule has 0 saturated heterocycles. The predicted octanol–water partition coefficient (Wildman–Crippen LogP) is 6.78. The van der Waals surface area contributed by atoms with Crippen LogP contribution in [0.15, 0.2) is 66.4 Å². The number of hydrogen-bond donors (Lipinski definition) is 0. The Morgan fingerprint density at radius 2 is 1.62 bits per heavy atom. The van der Waals surface area contributed by atoms with Gasteiger partial charge in [0.05, 0.1) is 11.1 Å². The molecule has 0 bridgehead atoms. The smallest absolute Gasteiger partial charge is 0.343 e. The molecule has 1 aliphatic heterocycles. The van der Waals surface area contributed by atoms with Crippen LogP contribution in [0.3, 0.4) is 0 Å². The molecule has 0 amide bonds. The van der Waals surface area contributed by atoms with Crippen molar-refractivity contribution >= 4 is 29.4 Å². The molecule has 0 saturated carbocycles. The van der Waals surface area contributed by atoms with Crippen molar-refractivity contribution in [1.29, 1.82) is 0 Å². The minimum absolute atomic E-state index is 0.0541. The molecule has 0 unspecified atom stereocenters. The number of benzene rings is 3. The van der Waals surface area contributed by atoms with Gasteiger partial charge in [0.25, 0.3) is 0 Å². The van der Waals surface area contributed by atoms with Gasteiger partial charge in [-0.2, -0.15) is 0 Å². The summed E-state index contributed by atoms with van der Waals surface area (Å²) in [4.78, 5) is 25.3. The highest BCUT2D eigenvalue weighted by atomic mass is 35.5. The van der Waals surface area contributed by atoms with E-state index in [9.17, 15) is 9.59 Å². The molecule has 32 heavy (non-hydrogen) atoms. The molecule has 3 aromatic carbocycles. The zero-order valence-electron chi connectivity index (χ0n) is 18.4. The molecule has 1 heterocycles. The van der Waals surface area contributed by atoms with Crippen LogP contribution < -0.4 is 9.47 Å². The minimum atomic E-state index is -0.510. The maximum Gasteiger partial charge on any atom is 0.343 e. The number of allylic oxidation sites excluding steroid dienone is 1. The van der Waals surface area contributed by atoms with E-state index in [4.69, 9.17) is 21.1 Å². The molecule has 0 aliphatic carbocycles. The highest BCUT2D eigenvalue weighted by molar-refractivity contribution is 6.30. The number of esters is 1. The summed E-state index contributed by atoms with van der Waals surface area (Å²) in [6, 6.07) is 17.7. The molecular weight excluding hydrogens is 424 g/mol. The fraction of sp³-hybridized carbons (Fsp3) is 0.185. The molecular formula is C27H23ClO4. The van der Waals surface area contributed by atoms with Gasteiger partial charge < -0.3 is 9.47 Å². The van der Waals surface area contributed by atoms with Crippen LogP contribution in [0.2, 0.25) is 5.02 Å². The quantitative estimate of drug-likeness (QED) is 0.253. The highest BCUT2D eigenvalue weighted by Gasteiger charge is 2.30. The third-order valence-electron chi connectivity index (χ3n) is 5.39. The van der Waals surface area contributed by atoms with Gasteiger partial charge in [0.2, 0.25) is 5.78 Å². The van der Waals surface area contributed by atoms with E-state index < -0.39 is 5.97 Å². The molecule has 4 nitrogen and oxygen atoms in total. The van der Waals surface area contributed by atoms with E-state index in [0.717, 1.165) is 5.56 Å². The first kappa shape index (κ1) is 21.8. The number of halogens is 1. The fourth-order valence-corrected chi connectivity index (χ4v) is 3.58. The van der Waals surface area contributed by atoms with Crippen molar-refractivity contribution < 1.29 is 19.1 Å². The van der Waals surface area contributed by atoms with Crippen molar-refractivity contribution in [3.63, 3.8) is 0 Å². The number of carbonyl (C=O) groups is 2. The second-order valence-electron chi connectivity index (χ2n) is 8.77. The van der Waals surface area contributed by atoms with E-state index in [1.807, 2.05) is 12.1 Å². The third kappa shape index (κ3) is 4.32. The zero-order chi connectivity index (χ0) is 23.0. The van der Waals surface area contributed by atoms with Gasteiger partial charge >= 0.3 is 5.97 Å². The first-order chi connectivity index (χ1) is 15.1. The highest BCUT2D eigenvalue weighted by Crippen LogP contribution is 2.39. The normalized spacial score (nSPS) is 14.3. The predicted molar refractivity (Wildman–Crippen MR) is 126 cm³/mol. The maximum atomic E-state index is 12.9. The summed E-state index contributed by atoms with van der Waals surface area (Å²) in [6.45, 7) is 8.22. The number of hydrogen-bond acceptors (Lipinski definition) is 4. The summed E-state index contributed by atoms with van der Waals surface area (Å²) in [5.41, 5.74) is 3.56. The lowest BCUT2D eigenvalue weighted by Crippen LogP contribution is -2.10. The maximum absolute atomic E-state index is 12.9. The Labute approximate surface area is 192 Å². The Hall–Kier alpha value is -3.37. The Kier molecular flexibility index (Phi) is 5.66. The van der Waals surface area contributed by atoms with Gasteiger partial charge in [-0.1, -0.05) is 56.6 Å². The van der Waals surface area contributed by atoms with Gasteiger partial charge in [-0.15, -0.1) is 0 Å². The number of fused-ring (bicyclic) bond motifs is 1. The molecule has 0 fully saturated rings. The van der Waals surface area contributed by atoms with Gasteiger partial charge in [-0.3, -0.25) is 4.79 Å². The van der Waals surface area contributed by atoms with Crippen LogP contribution >= 0.6 is 11.6 Å². The van der Waals surface area contributed by atoms with E-state index in [2.05, 4.69) is 32.9 Å². The Morgan fingerprint density at radius 1 is 0.969 bits per heavy atom. The molecule has 1 aliphatic rings. The molecule has 0 N–H and O–H groups in total. The van der Waals surface area contributed by atoms with Gasteiger partial charge in [0, 0.05) is 10.6 Å². The van der Waals surface area contributed by atoms with E-state index in [0.29, 0.717) is 33.2 Å². The lowest BCUT2D eigenvalue weighted by molar-refractivity contribution is 0.0733. The van der Waals surface area contributed by atoms with Crippen LogP contribution in [0.5, 0.6) is 11.5 Å². The van der Waals surface area contributed by atoms with Crippen molar-refractivity contribution in [2.24, 2.45) is 0 Å². The molecule has 162 valence electrons. The summed E-state index contributed by atoms with van der Waals surface area (Å²) in [7, 11) is 0. The Balaban J connectivity index is 1.57. The zero-order valence-corrected chi connectivity index (χ0v) is 19.1. The average Bonchev–Trinajstić information content (AvgIpc) is 3.06. The molecule has 0 spiro atoms. The van der Waals surface area contributed by atoms with E-state index in [1.54, 1.807) is 49.4 Å². The summed E-state index contributed by atoms with van der Waals surface area (Å²) in [6.07, 6.45) is 1.73. The first-order valence-electron chi connectivity index (χ1n) is 10.3. The monoisotopic (exact) mass is 446 g/mol. The molecule has 0 atom stereocenters. The van der Waals surface area contributed by atoms with Gasteiger partial charge in [-0.05, 0) is 65.9 Å². The minimum Gasteiger partial charge on any atom is -0.452 e. The van der Waals surface area contributed by atoms with Crippen molar-refractivity contribution in [1.82, 2.24) is 0 Å². The van der Waals surface area contributed by atoms with Crippen LogP contribution in [0.4, 0.5) is 0 Å². The number of ketones is 1. The third-order valence-corrected chi connectivity index (χ3v) is 5.65. The Bertz CT molecular complexity index is 1230. The molecule has 0 aromatic heterocycles. The lowest BCUT2D eigenvalue weighted by Gasteiger charge is -2.18. The average molecular weight is 447 g/mol. The van der Waals surface area contributed by atoms with Crippen LogP contribution in [0.1, 0.15) is 58.2 Å². The SMILES string of the molecule is Cc1c(OC(=O)c2ccc(Cl)cc2)ccc2c1O/C(=C\c1ccc(C(C)(C)C)cc1)C2=O. The number of ether oxygens (including phenoxy) is 2. The Morgan fingerprint density at radius 3 is 2.25 bits per heavy atom. The molecule has 4 rings (SSSR count). The van der Waals surface area contributed by atoms with Crippen LogP contribution in [-0.4, -0.2) is 11.8 Å². The van der Waals surface area contributed by atoms with Crippen molar-refractivity contribution in [2.45, 2.75) is 33.1 Å².